The molecule has 0 aliphatic rings. The van der Waals surface area contributed by atoms with Crippen LogP contribution in [0.2, 0.25) is 0 Å². The second-order valence-corrected chi connectivity index (χ2v) is 1.84. The Morgan fingerprint density at radius 2 is 1.14 bits per heavy atom. The van der Waals surface area contributed by atoms with E-state index in [9.17, 15) is 9.59 Å². The van der Waals surface area contributed by atoms with Crippen LogP contribution in [0.3, 0.4) is 0 Å². The van der Waals surface area contributed by atoms with Crippen molar-refractivity contribution in [3.8, 4) is 0 Å². The molecule has 0 atom stereocenters. The molecule has 6 heteroatoms. The molecule has 4 N–H and O–H groups in total. The summed E-state index contributed by atoms with van der Waals surface area (Å²) < 4.78 is 0. The molecule has 0 aliphatic heterocycles. The van der Waals surface area contributed by atoms with Gasteiger partial charge in [-0.15, -0.1) is 0 Å². The molecule has 0 radical (unpaired) electrons. The fourth-order valence-corrected chi connectivity index (χ4v) is 0.276. The summed E-state index contributed by atoms with van der Waals surface area (Å²) in [6.45, 7) is -0.250. The normalized spacial score (nSPS) is 9.86. The Hall–Kier alpha value is -1.66. The maximum Gasteiger partial charge on any atom is 0.328 e. The van der Waals surface area contributed by atoms with Crippen LogP contribution in [0, 0.1) is 0 Å². The highest BCUT2D eigenvalue weighted by Gasteiger charge is 1.83. The fourth-order valence-electron chi connectivity index (χ4n) is 0.276. The van der Waals surface area contributed by atoms with Crippen molar-refractivity contribution in [2.75, 3.05) is 13.2 Å². The third-order valence-corrected chi connectivity index (χ3v) is 0.689. The standard InChI is InChI=1S/C6H6O4.C2H6O2/c7-5(8)3-1-2-4-6(9)10;3-1-2-4/h1-4H,(H,7,8)(H,9,10);3-4H,1-2H2/b3-1-,4-2-;. The van der Waals surface area contributed by atoms with E-state index in [1.165, 1.54) is 0 Å². The van der Waals surface area contributed by atoms with E-state index in [1.807, 2.05) is 0 Å². The number of hydrogen-bond donors (Lipinski definition) is 4. The molecule has 0 saturated carbocycles. The van der Waals surface area contributed by atoms with Crippen LogP contribution in [0.1, 0.15) is 0 Å². The average Bonchev–Trinajstić information content (AvgIpc) is 2.12. The van der Waals surface area contributed by atoms with E-state index in [2.05, 4.69) is 0 Å². The van der Waals surface area contributed by atoms with Crippen LogP contribution < -0.4 is 0 Å². The highest BCUT2D eigenvalue weighted by Crippen LogP contribution is 1.76. The first-order valence-electron chi connectivity index (χ1n) is 3.57. The Morgan fingerprint density at radius 1 is 0.857 bits per heavy atom. The number of allylic oxidation sites excluding steroid dienone is 2. The zero-order chi connectivity index (χ0) is 11.4. The molecule has 0 saturated heterocycles. The minimum Gasteiger partial charge on any atom is -0.478 e. The van der Waals surface area contributed by atoms with Crippen molar-refractivity contribution in [2.24, 2.45) is 0 Å². The van der Waals surface area contributed by atoms with E-state index in [1.54, 1.807) is 0 Å². The molecule has 0 rings (SSSR count). The third-order valence-electron chi connectivity index (χ3n) is 0.689. The lowest BCUT2D eigenvalue weighted by Crippen LogP contribution is -1.86. The van der Waals surface area contributed by atoms with Crippen LogP contribution in [0.5, 0.6) is 0 Å². The molecular formula is C8H12O6. The van der Waals surface area contributed by atoms with Crippen molar-refractivity contribution in [1.29, 1.82) is 0 Å². The second-order valence-electron chi connectivity index (χ2n) is 1.84. The molecule has 0 aromatic rings. The Kier molecular flexibility index (Phi) is 12.0. The van der Waals surface area contributed by atoms with Gasteiger partial charge in [-0.1, -0.05) is 12.2 Å². The van der Waals surface area contributed by atoms with Gasteiger partial charge in [-0.3, -0.25) is 0 Å². The van der Waals surface area contributed by atoms with E-state index in [0.717, 1.165) is 24.3 Å². The Labute approximate surface area is 80.4 Å². The zero-order valence-corrected chi connectivity index (χ0v) is 7.33. The van der Waals surface area contributed by atoms with E-state index < -0.39 is 11.9 Å². The van der Waals surface area contributed by atoms with Gasteiger partial charge in [0, 0.05) is 12.2 Å². The molecule has 0 amide bonds. The molecule has 0 aromatic heterocycles. The number of hydrogen-bond acceptors (Lipinski definition) is 4. The summed E-state index contributed by atoms with van der Waals surface area (Å²) in [6, 6.07) is 0. The maximum absolute atomic E-state index is 9.78. The Balaban J connectivity index is 0. The summed E-state index contributed by atoms with van der Waals surface area (Å²) in [4.78, 5) is 19.6. The van der Waals surface area contributed by atoms with E-state index >= 15 is 0 Å². The van der Waals surface area contributed by atoms with E-state index in [0.29, 0.717) is 0 Å². The van der Waals surface area contributed by atoms with Crippen molar-refractivity contribution in [3.05, 3.63) is 24.3 Å². The van der Waals surface area contributed by atoms with Gasteiger partial charge in [-0.2, -0.15) is 0 Å². The topological polar surface area (TPSA) is 115 Å². The Morgan fingerprint density at radius 3 is 1.29 bits per heavy atom. The predicted molar refractivity (Wildman–Crippen MR) is 47.7 cm³/mol. The lowest BCUT2D eigenvalue weighted by molar-refractivity contribution is -0.132. The second kappa shape index (κ2) is 11.3. The third kappa shape index (κ3) is 22.4. The van der Waals surface area contributed by atoms with Gasteiger partial charge in [0.05, 0.1) is 13.2 Å². The van der Waals surface area contributed by atoms with Crippen LogP contribution >= 0.6 is 0 Å². The summed E-state index contributed by atoms with van der Waals surface area (Å²) in [5.74, 6) is -2.20. The highest BCUT2D eigenvalue weighted by molar-refractivity contribution is 5.82. The number of carbonyl (C=O) groups is 2. The summed E-state index contributed by atoms with van der Waals surface area (Å²) in [7, 11) is 0. The molecule has 80 valence electrons. The molecule has 0 fully saturated rings. The van der Waals surface area contributed by atoms with Crippen molar-refractivity contribution in [2.45, 2.75) is 0 Å². The molecule has 0 bridgehead atoms. The SMILES string of the molecule is O=C(O)/C=C\C=C/C(=O)O.OCCO. The van der Waals surface area contributed by atoms with Gasteiger partial charge in [-0.05, 0) is 0 Å². The van der Waals surface area contributed by atoms with Gasteiger partial charge in [0.15, 0.2) is 0 Å². The van der Waals surface area contributed by atoms with Gasteiger partial charge in [-0.25, -0.2) is 9.59 Å². The van der Waals surface area contributed by atoms with Gasteiger partial charge in [0.25, 0.3) is 0 Å². The molecule has 0 aromatic carbocycles. The van der Waals surface area contributed by atoms with Crippen molar-refractivity contribution in [1.82, 2.24) is 0 Å². The molecule has 14 heavy (non-hydrogen) atoms. The molecule has 6 nitrogen and oxygen atoms in total. The first-order chi connectivity index (χ1) is 6.54. The monoisotopic (exact) mass is 204 g/mol. The molecule has 0 unspecified atom stereocenters. The minimum atomic E-state index is -1.10. The van der Waals surface area contributed by atoms with Gasteiger partial charge in [0.2, 0.25) is 0 Å². The van der Waals surface area contributed by atoms with Crippen molar-refractivity contribution in [3.63, 3.8) is 0 Å². The number of aliphatic carboxylic acids is 2. The molecule has 0 heterocycles. The summed E-state index contributed by atoms with van der Waals surface area (Å²) in [5.41, 5.74) is 0. The van der Waals surface area contributed by atoms with Crippen LogP contribution in [0.25, 0.3) is 0 Å². The van der Waals surface area contributed by atoms with E-state index in [4.69, 9.17) is 20.4 Å². The summed E-state index contributed by atoms with van der Waals surface area (Å²) in [5, 5.41) is 31.3. The van der Waals surface area contributed by atoms with Gasteiger partial charge in [0.1, 0.15) is 0 Å². The lowest BCUT2D eigenvalue weighted by Gasteiger charge is -1.75. The van der Waals surface area contributed by atoms with E-state index in [-0.39, 0.29) is 13.2 Å². The van der Waals surface area contributed by atoms with Crippen molar-refractivity contribution >= 4 is 11.9 Å². The first kappa shape index (κ1) is 14.8. The van der Waals surface area contributed by atoms with Gasteiger partial charge >= 0.3 is 11.9 Å². The van der Waals surface area contributed by atoms with Gasteiger partial charge < -0.3 is 20.4 Å². The molecule has 0 spiro atoms. The highest BCUT2D eigenvalue weighted by atomic mass is 16.4. The molecule has 0 aliphatic carbocycles. The van der Waals surface area contributed by atoms with Crippen LogP contribution in [0.4, 0.5) is 0 Å². The zero-order valence-electron chi connectivity index (χ0n) is 7.33. The summed E-state index contributed by atoms with van der Waals surface area (Å²) >= 11 is 0. The van der Waals surface area contributed by atoms with Crippen LogP contribution in [-0.2, 0) is 9.59 Å². The van der Waals surface area contributed by atoms with Crippen molar-refractivity contribution < 1.29 is 30.0 Å². The average molecular weight is 204 g/mol. The van der Waals surface area contributed by atoms with Crippen LogP contribution in [0.15, 0.2) is 24.3 Å². The smallest absolute Gasteiger partial charge is 0.328 e. The number of rotatable bonds is 4. The number of carboxylic acids is 2. The minimum absolute atomic E-state index is 0.125. The summed E-state index contributed by atoms with van der Waals surface area (Å²) in [6.07, 6.45) is 3.96. The number of aliphatic hydroxyl groups excluding tert-OH is 2. The Bertz CT molecular complexity index is 194. The van der Waals surface area contributed by atoms with Crippen LogP contribution in [-0.4, -0.2) is 45.6 Å². The quantitative estimate of drug-likeness (QED) is 0.353. The first-order valence-corrected chi connectivity index (χ1v) is 3.57. The predicted octanol–water partition coefficient (Wildman–Crippen LogP) is -0.761. The number of aliphatic hydroxyl groups is 2. The fraction of sp³-hybridized carbons (Fsp3) is 0.250. The lowest BCUT2D eigenvalue weighted by atomic mass is 10.4. The maximum atomic E-state index is 9.78. The molecular weight excluding hydrogens is 192 g/mol. The largest absolute Gasteiger partial charge is 0.478 e. The number of carboxylic acid groups (broad SMARTS) is 2.